The predicted molar refractivity (Wildman–Crippen MR) is 49.1 cm³/mol. The fraction of sp³-hybridized carbons (Fsp3) is 0.778. The summed E-state index contributed by atoms with van der Waals surface area (Å²) in [5, 5.41) is 0. The highest BCUT2D eigenvalue weighted by molar-refractivity contribution is 5.97. The average Bonchev–Trinajstić information content (AvgIpc) is 2.13. The van der Waals surface area contributed by atoms with E-state index in [4.69, 9.17) is 0 Å². The second-order valence-corrected chi connectivity index (χ2v) is 3.67. The van der Waals surface area contributed by atoms with Gasteiger partial charge in [0.1, 0.15) is 6.42 Å². The van der Waals surface area contributed by atoms with Crippen molar-refractivity contribution in [2.24, 2.45) is 0 Å². The van der Waals surface area contributed by atoms with E-state index >= 15 is 0 Å². The van der Waals surface area contributed by atoms with Crippen LogP contribution in [0.1, 0.15) is 20.3 Å². The summed E-state index contributed by atoms with van der Waals surface area (Å²) in [6.45, 7) is 5.23. The minimum absolute atomic E-state index is 0.0225. The molecule has 1 heterocycles. The van der Waals surface area contributed by atoms with Crippen LogP contribution < -0.4 is 0 Å². The zero-order valence-corrected chi connectivity index (χ0v) is 8.41. The van der Waals surface area contributed by atoms with Gasteiger partial charge in [-0.3, -0.25) is 9.59 Å². The smallest absolute Gasteiger partial charge is 0.232 e. The lowest BCUT2D eigenvalue weighted by atomic mass is 10.3. The van der Waals surface area contributed by atoms with Crippen LogP contribution in [0.15, 0.2) is 0 Å². The fourth-order valence-corrected chi connectivity index (χ4v) is 1.42. The Kier molecular flexibility index (Phi) is 2.90. The van der Waals surface area contributed by atoms with Crippen LogP contribution in [0.25, 0.3) is 0 Å². The van der Waals surface area contributed by atoms with E-state index in [0.717, 1.165) is 0 Å². The van der Waals surface area contributed by atoms with Crippen LogP contribution in [-0.2, 0) is 9.59 Å². The van der Waals surface area contributed by atoms with Crippen LogP contribution in [0.3, 0.4) is 0 Å². The van der Waals surface area contributed by atoms with Crippen molar-refractivity contribution < 1.29 is 9.59 Å². The van der Waals surface area contributed by atoms with Crippen LogP contribution in [0.5, 0.6) is 0 Å². The highest BCUT2D eigenvalue weighted by atomic mass is 16.2. The molecule has 0 aromatic rings. The maximum atomic E-state index is 11.5. The van der Waals surface area contributed by atoms with Crippen LogP contribution in [-0.4, -0.2) is 47.8 Å². The first-order chi connectivity index (χ1) is 6.02. The summed E-state index contributed by atoms with van der Waals surface area (Å²) in [6, 6.07) is 0.187. The third-order valence-electron chi connectivity index (χ3n) is 2.35. The maximum Gasteiger partial charge on any atom is 0.232 e. The number of hydrogen-bond donors (Lipinski definition) is 0. The van der Waals surface area contributed by atoms with Crippen molar-refractivity contribution in [2.45, 2.75) is 26.3 Å². The molecule has 2 amide bonds. The predicted octanol–water partition coefficient (Wildman–Crippen LogP) is 0.0855. The van der Waals surface area contributed by atoms with Gasteiger partial charge in [0.15, 0.2) is 0 Å². The number of rotatable bonds is 1. The third-order valence-corrected chi connectivity index (χ3v) is 2.35. The van der Waals surface area contributed by atoms with Gasteiger partial charge in [-0.05, 0) is 13.8 Å². The molecule has 74 valence electrons. The summed E-state index contributed by atoms with van der Waals surface area (Å²) in [4.78, 5) is 26.1. The number of carbonyl (C=O) groups is 2. The minimum Gasteiger partial charge on any atom is -0.344 e. The molecule has 0 unspecified atom stereocenters. The van der Waals surface area contributed by atoms with Crippen molar-refractivity contribution >= 4 is 11.8 Å². The monoisotopic (exact) mass is 184 g/mol. The fourth-order valence-electron chi connectivity index (χ4n) is 1.42. The summed E-state index contributed by atoms with van der Waals surface area (Å²) < 4.78 is 0. The molecule has 0 bridgehead atoms. The van der Waals surface area contributed by atoms with Gasteiger partial charge in [-0.2, -0.15) is 0 Å². The molecule has 0 N–H and O–H groups in total. The second kappa shape index (κ2) is 3.77. The van der Waals surface area contributed by atoms with E-state index in [-0.39, 0.29) is 24.3 Å². The molecule has 0 saturated carbocycles. The first-order valence-electron chi connectivity index (χ1n) is 4.56. The SMILES string of the molecule is CC(C)N1CCN(C)C(=O)CC1=O. The molecule has 1 aliphatic rings. The topological polar surface area (TPSA) is 40.6 Å². The van der Waals surface area contributed by atoms with Crippen molar-refractivity contribution in [2.75, 3.05) is 20.1 Å². The molecule has 0 aromatic carbocycles. The van der Waals surface area contributed by atoms with E-state index in [1.807, 2.05) is 13.8 Å². The number of nitrogens with zero attached hydrogens (tertiary/aromatic N) is 2. The lowest BCUT2D eigenvalue weighted by molar-refractivity contribution is -0.137. The highest BCUT2D eigenvalue weighted by Gasteiger charge is 2.25. The van der Waals surface area contributed by atoms with Gasteiger partial charge >= 0.3 is 0 Å². The Bertz CT molecular complexity index is 226. The lowest BCUT2D eigenvalue weighted by Gasteiger charge is -2.24. The standard InChI is InChI=1S/C9H16N2O2/c1-7(2)11-5-4-10(3)8(12)6-9(11)13/h7H,4-6H2,1-3H3. The molecular weight excluding hydrogens is 168 g/mol. The lowest BCUT2D eigenvalue weighted by Crippen LogP contribution is -2.38. The minimum atomic E-state index is -0.0758. The van der Waals surface area contributed by atoms with Crippen LogP contribution in [0.4, 0.5) is 0 Å². The van der Waals surface area contributed by atoms with Gasteiger partial charge in [-0.1, -0.05) is 0 Å². The van der Waals surface area contributed by atoms with E-state index in [9.17, 15) is 9.59 Å². The molecule has 0 spiro atoms. The number of carbonyl (C=O) groups excluding carboxylic acids is 2. The Labute approximate surface area is 78.5 Å². The van der Waals surface area contributed by atoms with E-state index in [0.29, 0.717) is 13.1 Å². The number of likely N-dealkylation sites (N-methyl/N-ethyl adjacent to an activating group) is 1. The number of hydrogen-bond acceptors (Lipinski definition) is 2. The molecule has 0 radical (unpaired) electrons. The molecule has 1 fully saturated rings. The molecular formula is C9H16N2O2. The molecule has 1 saturated heterocycles. The van der Waals surface area contributed by atoms with Gasteiger partial charge in [-0.25, -0.2) is 0 Å². The summed E-state index contributed by atoms with van der Waals surface area (Å²) >= 11 is 0. The van der Waals surface area contributed by atoms with Crippen molar-refractivity contribution in [3.63, 3.8) is 0 Å². The zero-order chi connectivity index (χ0) is 10.0. The zero-order valence-electron chi connectivity index (χ0n) is 8.41. The van der Waals surface area contributed by atoms with E-state index in [1.54, 1.807) is 16.8 Å². The molecule has 0 aromatic heterocycles. The van der Waals surface area contributed by atoms with Crippen molar-refractivity contribution in [1.29, 1.82) is 0 Å². The van der Waals surface area contributed by atoms with Crippen molar-refractivity contribution in [1.82, 2.24) is 9.80 Å². The van der Waals surface area contributed by atoms with E-state index < -0.39 is 0 Å². The largest absolute Gasteiger partial charge is 0.344 e. The molecule has 1 aliphatic heterocycles. The van der Waals surface area contributed by atoms with Crippen molar-refractivity contribution in [3.8, 4) is 0 Å². The van der Waals surface area contributed by atoms with Gasteiger partial charge in [0, 0.05) is 26.2 Å². The van der Waals surface area contributed by atoms with Crippen LogP contribution in [0.2, 0.25) is 0 Å². The van der Waals surface area contributed by atoms with Crippen molar-refractivity contribution in [3.05, 3.63) is 0 Å². The Balaban J connectivity index is 2.71. The summed E-state index contributed by atoms with van der Waals surface area (Å²) in [5.41, 5.74) is 0. The number of amides is 2. The Hall–Kier alpha value is -1.06. The molecule has 4 heteroatoms. The molecule has 4 nitrogen and oxygen atoms in total. The Morgan fingerprint density at radius 1 is 1.15 bits per heavy atom. The van der Waals surface area contributed by atoms with E-state index in [1.165, 1.54) is 0 Å². The van der Waals surface area contributed by atoms with Crippen LogP contribution >= 0.6 is 0 Å². The van der Waals surface area contributed by atoms with Gasteiger partial charge < -0.3 is 9.80 Å². The third kappa shape index (κ3) is 2.20. The normalized spacial score (nSPS) is 19.7. The molecule has 0 atom stereocenters. The van der Waals surface area contributed by atoms with Gasteiger partial charge in [-0.15, -0.1) is 0 Å². The maximum absolute atomic E-state index is 11.5. The summed E-state index contributed by atoms with van der Waals surface area (Å²) in [7, 11) is 1.74. The Morgan fingerprint density at radius 3 is 2.31 bits per heavy atom. The quantitative estimate of drug-likeness (QED) is 0.542. The first-order valence-corrected chi connectivity index (χ1v) is 4.56. The summed E-state index contributed by atoms with van der Waals surface area (Å²) in [5.74, 6) is -0.127. The molecule has 0 aliphatic carbocycles. The second-order valence-electron chi connectivity index (χ2n) is 3.67. The molecule has 13 heavy (non-hydrogen) atoms. The first kappa shape index (κ1) is 10.0. The van der Waals surface area contributed by atoms with Crippen LogP contribution in [0, 0.1) is 0 Å². The van der Waals surface area contributed by atoms with Gasteiger partial charge in [0.05, 0.1) is 0 Å². The Morgan fingerprint density at radius 2 is 1.77 bits per heavy atom. The van der Waals surface area contributed by atoms with E-state index in [2.05, 4.69) is 0 Å². The summed E-state index contributed by atoms with van der Waals surface area (Å²) in [6.07, 6.45) is 0.0225. The molecule has 1 rings (SSSR count). The van der Waals surface area contributed by atoms with Gasteiger partial charge in [0.25, 0.3) is 0 Å². The highest BCUT2D eigenvalue weighted by Crippen LogP contribution is 2.07. The van der Waals surface area contributed by atoms with Gasteiger partial charge in [0.2, 0.25) is 11.8 Å². The average molecular weight is 184 g/mol.